The molecule has 0 aromatic heterocycles. The largest absolute Gasteiger partial charge is 0.381 e. The molecule has 3 nitrogen and oxygen atoms in total. The van der Waals surface area contributed by atoms with E-state index in [0.29, 0.717) is 0 Å². The van der Waals surface area contributed by atoms with Gasteiger partial charge in [-0.2, -0.15) is 0 Å². The smallest absolute Gasteiger partial charge is 0.251 e. The highest BCUT2D eigenvalue weighted by Crippen LogP contribution is 2.29. The molecule has 1 aliphatic rings. The van der Waals surface area contributed by atoms with Gasteiger partial charge in [-0.15, -0.1) is 0 Å². The van der Waals surface area contributed by atoms with E-state index in [1.54, 1.807) is 0 Å². The number of hydrogen-bond acceptors (Lipinski definition) is 2. The molecule has 0 saturated carbocycles. The number of hydrogen-bond donors (Lipinski definition) is 2. The van der Waals surface area contributed by atoms with E-state index in [9.17, 15) is 9.90 Å². The van der Waals surface area contributed by atoms with Crippen molar-refractivity contribution in [2.45, 2.75) is 24.5 Å². The minimum Gasteiger partial charge on any atom is -0.381 e. The van der Waals surface area contributed by atoms with Gasteiger partial charge < -0.3 is 10.4 Å². The normalized spacial score (nSPS) is 22.8. The maximum absolute atomic E-state index is 11.3. The lowest BCUT2D eigenvalue weighted by molar-refractivity contribution is -0.143. The first-order valence-electron chi connectivity index (χ1n) is 6.83. The molecule has 1 saturated heterocycles. The number of amides is 1. The van der Waals surface area contributed by atoms with Crippen LogP contribution in [0.25, 0.3) is 0 Å². The number of carbonyl (C=O) groups is 1. The molecule has 0 spiro atoms. The molecule has 2 N–H and O–H groups in total. The fraction of sp³-hybridized carbons (Fsp3) is 0.235. The van der Waals surface area contributed by atoms with Crippen LogP contribution < -0.4 is 5.32 Å². The second kappa shape index (κ2) is 5.47. The number of benzene rings is 2. The number of nitrogens with one attached hydrogen (secondary N) is 1. The van der Waals surface area contributed by atoms with Crippen molar-refractivity contribution >= 4 is 5.91 Å². The maximum atomic E-state index is 11.3. The predicted molar refractivity (Wildman–Crippen MR) is 77.3 cm³/mol. The van der Waals surface area contributed by atoms with Crippen molar-refractivity contribution in [3.63, 3.8) is 0 Å². The van der Waals surface area contributed by atoms with Gasteiger partial charge in [0.2, 0.25) is 0 Å². The van der Waals surface area contributed by atoms with E-state index < -0.39 is 6.10 Å². The molecular weight excluding hydrogens is 250 g/mol. The summed E-state index contributed by atoms with van der Waals surface area (Å²) in [7, 11) is 0. The third-order valence-corrected chi connectivity index (χ3v) is 3.88. The molecule has 0 radical (unpaired) electrons. The molecule has 1 fully saturated rings. The van der Waals surface area contributed by atoms with Crippen molar-refractivity contribution < 1.29 is 9.90 Å². The average Bonchev–Trinajstić information content (AvgIpc) is 2.52. The molecule has 102 valence electrons. The van der Waals surface area contributed by atoms with Gasteiger partial charge in [-0.1, -0.05) is 60.7 Å². The number of β-lactam (4-membered cyclic amide) rings is 1. The Bertz CT molecular complexity index is 582. The summed E-state index contributed by atoms with van der Waals surface area (Å²) in [5.41, 5.74) is 2.34. The standard InChI is InChI=1S/C17H17NO2/c19-16-15(18-17(16)20)14(13-9-5-2-6-10-13)11-12-7-3-1-4-8-12/h1-10,14-16,19H,11H2,(H,18,20)/t14?,15-,16+/m0/s1. The Morgan fingerprint density at radius 2 is 1.60 bits per heavy atom. The first kappa shape index (κ1) is 12.9. The first-order valence-corrected chi connectivity index (χ1v) is 6.83. The van der Waals surface area contributed by atoms with E-state index in [1.807, 2.05) is 48.5 Å². The first-order chi connectivity index (χ1) is 9.75. The van der Waals surface area contributed by atoms with Crippen molar-refractivity contribution in [1.82, 2.24) is 5.32 Å². The summed E-state index contributed by atoms with van der Waals surface area (Å²) in [6, 6.07) is 20.0. The summed E-state index contributed by atoms with van der Waals surface area (Å²) in [4.78, 5) is 11.3. The minimum atomic E-state index is -0.899. The summed E-state index contributed by atoms with van der Waals surface area (Å²) < 4.78 is 0. The van der Waals surface area contributed by atoms with Gasteiger partial charge in [0, 0.05) is 5.92 Å². The summed E-state index contributed by atoms with van der Waals surface area (Å²) in [5.74, 6) is -0.185. The number of rotatable bonds is 4. The van der Waals surface area contributed by atoms with Gasteiger partial charge in [0.25, 0.3) is 5.91 Å². The molecule has 1 unspecified atom stereocenters. The van der Waals surface area contributed by atoms with E-state index in [0.717, 1.165) is 12.0 Å². The Morgan fingerprint density at radius 3 is 2.15 bits per heavy atom. The molecule has 0 aliphatic carbocycles. The fourth-order valence-corrected chi connectivity index (χ4v) is 2.74. The Morgan fingerprint density at radius 1 is 1.00 bits per heavy atom. The topological polar surface area (TPSA) is 49.3 Å². The molecule has 2 aromatic rings. The van der Waals surface area contributed by atoms with Crippen molar-refractivity contribution in [2.75, 3.05) is 0 Å². The lowest BCUT2D eigenvalue weighted by Crippen LogP contribution is -2.64. The highest BCUT2D eigenvalue weighted by Gasteiger charge is 2.43. The summed E-state index contributed by atoms with van der Waals surface area (Å²) in [6.07, 6.45) is -0.101. The van der Waals surface area contributed by atoms with Gasteiger partial charge in [-0.05, 0) is 17.5 Å². The number of aliphatic hydroxyl groups excluding tert-OH is 1. The van der Waals surface area contributed by atoms with E-state index in [4.69, 9.17) is 0 Å². The Labute approximate surface area is 118 Å². The molecule has 0 bridgehead atoms. The average molecular weight is 267 g/mol. The second-order valence-corrected chi connectivity index (χ2v) is 5.19. The van der Waals surface area contributed by atoms with Crippen LogP contribution in [-0.4, -0.2) is 23.2 Å². The number of aliphatic hydroxyl groups is 1. The van der Waals surface area contributed by atoms with Crippen molar-refractivity contribution in [2.24, 2.45) is 0 Å². The van der Waals surface area contributed by atoms with Crippen LogP contribution in [-0.2, 0) is 11.2 Å². The van der Waals surface area contributed by atoms with Crippen molar-refractivity contribution in [3.8, 4) is 0 Å². The Balaban J connectivity index is 1.86. The van der Waals surface area contributed by atoms with E-state index >= 15 is 0 Å². The highest BCUT2D eigenvalue weighted by molar-refractivity contribution is 5.88. The second-order valence-electron chi connectivity index (χ2n) is 5.19. The lowest BCUT2D eigenvalue weighted by atomic mass is 9.80. The van der Waals surface area contributed by atoms with Crippen LogP contribution in [0.2, 0.25) is 0 Å². The van der Waals surface area contributed by atoms with E-state index in [2.05, 4.69) is 17.4 Å². The van der Waals surface area contributed by atoms with Gasteiger partial charge in [-0.3, -0.25) is 4.79 Å². The molecule has 3 rings (SSSR count). The van der Waals surface area contributed by atoms with E-state index in [1.165, 1.54) is 5.56 Å². The maximum Gasteiger partial charge on any atom is 0.251 e. The third kappa shape index (κ3) is 2.45. The molecule has 1 heterocycles. The van der Waals surface area contributed by atoms with Crippen LogP contribution in [0.3, 0.4) is 0 Å². The molecule has 3 atom stereocenters. The van der Waals surface area contributed by atoms with Gasteiger partial charge in [0.05, 0.1) is 6.04 Å². The molecule has 1 amide bonds. The van der Waals surface area contributed by atoms with Crippen molar-refractivity contribution in [1.29, 1.82) is 0 Å². The molecule has 2 aromatic carbocycles. The number of carbonyl (C=O) groups excluding carboxylic acids is 1. The summed E-state index contributed by atoms with van der Waals surface area (Å²) >= 11 is 0. The van der Waals surface area contributed by atoms with E-state index in [-0.39, 0.29) is 17.9 Å². The zero-order chi connectivity index (χ0) is 13.9. The van der Waals surface area contributed by atoms with Crippen LogP contribution in [0.5, 0.6) is 0 Å². The summed E-state index contributed by atoms with van der Waals surface area (Å²) in [5, 5.41) is 12.7. The molecule has 3 heteroatoms. The van der Waals surface area contributed by atoms with Crippen molar-refractivity contribution in [3.05, 3.63) is 71.8 Å². The molecule has 1 aliphatic heterocycles. The van der Waals surface area contributed by atoms with Crippen LogP contribution in [0, 0.1) is 0 Å². The van der Waals surface area contributed by atoms with Gasteiger partial charge >= 0.3 is 0 Å². The highest BCUT2D eigenvalue weighted by atomic mass is 16.3. The Kier molecular flexibility index (Phi) is 3.52. The molecular formula is C17H17NO2. The quantitative estimate of drug-likeness (QED) is 0.831. The lowest BCUT2D eigenvalue weighted by Gasteiger charge is -2.39. The van der Waals surface area contributed by atoms with Gasteiger partial charge in [-0.25, -0.2) is 0 Å². The van der Waals surface area contributed by atoms with Gasteiger partial charge in [0.1, 0.15) is 0 Å². The predicted octanol–water partition coefficient (Wildman–Crippen LogP) is 1.87. The zero-order valence-electron chi connectivity index (χ0n) is 11.1. The summed E-state index contributed by atoms with van der Waals surface area (Å²) in [6.45, 7) is 0. The third-order valence-electron chi connectivity index (χ3n) is 3.88. The molecule has 20 heavy (non-hydrogen) atoms. The minimum absolute atomic E-state index is 0.0892. The van der Waals surface area contributed by atoms with Crippen LogP contribution in [0.4, 0.5) is 0 Å². The van der Waals surface area contributed by atoms with Crippen LogP contribution in [0.15, 0.2) is 60.7 Å². The zero-order valence-corrected chi connectivity index (χ0v) is 11.1. The fourth-order valence-electron chi connectivity index (χ4n) is 2.74. The van der Waals surface area contributed by atoms with Gasteiger partial charge in [0.15, 0.2) is 6.10 Å². The Hall–Kier alpha value is -2.13. The monoisotopic (exact) mass is 267 g/mol. The SMILES string of the molecule is O=C1N[C@@H](C(Cc2ccccc2)c2ccccc2)[C@H]1O. The van der Waals surface area contributed by atoms with Crippen LogP contribution in [0.1, 0.15) is 17.0 Å². The van der Waals surface area contributed by atoms with Crippen LogP contribution >= 0.6 is 0 Å².